The number of aryl methyl sites for hydroxylation is 1. The zero-order valence-corrected chi connectivity index (χ0v) is 18.8. The van der Waals surface area contributed by atoms with E-state index in [0.717, 1.165) is 12.2 Å². The van der Waals surface area contributed by atoms with Gasteiger partial charge in [-0.15, -0.1) is 5.10 Å². The van der Waals surface area contributed by atoms with Crippen LogP contribution >= 0.6 is 23.1 Å². The minimum Gasteiger partial charge on any atom is -0.423 e. The lowest BCUT2D eigenvalue weighted by atomic mass is 9.82. The average molecular weight is 443 g/mol. The van der Waals surface area contributed by atoms with Gasteiger partial charge in [-0.1, -0.05) is 23.7 Å². The number of hydrogen-bond donors (Lipinski definition) is 1. The predicted octanol–water partition coefficient (Wildman–Crippen LogP) is 5.27. The van der Waals surface area contributed by atoms with Crippen molar-refractivity contribution in [1.29, 1.82) is 0 Å². The van der Waals surface area contributed by atoms with E-state index in [9.17, 15) is 0 Å². The Morgan fingerprint density at radius 2 is 2.07 bits per heavy atom. The van der Waals surface area contributed by atoms with E-state index in [0.29, 0.717) is 28.6 Å². The second kappa shape index (κ2) is 7.28. The van der Waals surface area contributed by atoms with Crippen molar-refractivity contribution in [1.82, 2.24) is 19.1 Å². The molecular formula is C21H23ClN6OS. The third-order valence-electron chi connectivity index (χ3n) is 5.62. The first kappa shape index (κ1) is 19.4. The second-order valence-electron chi connectivity index (χ2n) is 8.00. The summed E-state index contributed by atoms with van der Waals surface area (Å²) in [6, 6.07) is 10.2. The molecule has 0 saturated carbocycles. The zero-order chi connectivity index (χ0) is 21.0. The molecule has 1 N–H and O–H groups in total. The molecule has 2 unspecified atom stereocenters. The number of halogens is 1. The minimum absolute atomic E-state index is 0.0984. The maximum Gasteiger partial charge on any atom is 0.322 e. The topological polar surface area (TPSA) is 68.1 Å². The van der Waals surface area contributed by atoms with Gasteiger partial charge in [0.1, 0.15) is 10.8 Å². The van der Waals surface area contributed by atoms with Crippen molar-refractivity contribution >= 4 is 34.1 Å². The Bertz CT molecular complexity index is 1140. The van der Waals surface area contributed by atoms with Gasteiger partial charge in [-0.3, -0.25) is 0 Å². The molecule has 2 aromatic heterocycles. The summed E-state index contributed by atoms with van der Waals surface area (Å²) >= 11 is 7.80. The molecule has 2 bridgehead atoms. The van der Waals surface area contributed by atoms with Crippen molar-refractivity contribution in [2.75, 3.05) is 16.8 Å². The van der Waals surface area contributed by atoms with E-state index in [4.69, 9.17) is 16.3 Å². The number of benzene rings is 1. The fourth-order valence-electron chi connectivity index (χ4n) is 4.09. The molecule has 2 aliphatic heterocycles. The van der Waals surface area contributed by atoms with E-state index in [1.165, 1.54) is 16.3 Å². The molecule has 0 radical (unpaired) electrons. The van der Waals surface area contributed by atoms with Crippen LogP contribution in [0.25, 0.3) is 0 Å². The van der Waals surface area contributed by atoms with Crippen LogP contribution in [0.3, 0.4) is 0 Å². The van der Waals surface area contributed by atoms with Crippen molar-refractivity contribution in [3.63, 3.8) is 0 Å². The van der Waals surface area contributed by atoms with Crippen LogP contribution in [0.5, 0.6) is 11.8 Å². The molecule has 4 heterocycles. The van der Waals surface area contributed by atoms with Crippen LogP contribution in [0, 0.1) is 12.8 Å². The van der Waals surface area contributed by atoms with Crippen molar-refractivity contribution in [2.24, 2.45) is 5.92 Å². The fourth-order valence-corrected chi connectivity index (χ4v) is 5.05. The van der Waals surface area contributed by atoms with Crippen LogP contribution in [0.4, 0.5) is 10.9 Å². The monoisotopic (exact) mass is 442 g/mol. The Kier molecular flexibility index (Phi) is 4.71. The average Bonchev–Trinajstić information content (AvgIpc) is 3.46. The highest BCUT2D eigenvalue weighted by Crippen LogP contribution is 2.49. The summed E-state index contributed by atoms with van der Waals surface area (Å²) < 4.78 is 12.2. The van der Waals surface area contributed by atoms with Gasteiger partial charge < -0.3 is 15.0 Å². The number of aromatic nitrogens is 4. The van der Waals surface area contributed by atoms with Gasteiger partial charge >= 0.3 is 6.01 Å². The summed E-state index contributed by atoms with van der Waals surface area (Å²) in [6.45, 7) is 9.30. The number of ether oxygens (including phenoxy) is 1. The number of nitrogens with one attached hydrogen (secondary N) is 1. The summed E-state index contributed by atoms with van der Waals surface area (Å²) in [5, 5.41) is 9.91. The van der Waals surface area contributed by atoms with Crippen LogP contribution in [-0.4, -0.2) is 31.7 Å². The summed E-state index contributed by atoms with van der Waals surface area (Å²) in [5.74, 6) is 1.57. The third-order valence-corrected chi connectivity index (χ3v) is 6.84. The lowest BCUT2D eigenvalue weighted by Crippen LogP contribution is -2.37. The summed E-state index contributed by atoms with van der Waals surface area (Å²) in [5.41, 5.74) is 3.79. The third kappa shape index (κ3) is 3.15. The maximum atomic E-state index is 6.25. The molecule has 1 saturated heterocycles. The van der Waals surface area contributed by atoms with Gasteiger partial charge in [-0.2, -0.15) is 9.36 Å². The second-order valence-corrected chi connectivity index (χ2v) is 9.19. The molecular weight excluding hydrogens is 420 g/mol. The summed E-state index contributed by atoms with van der Waals surface area (Å²) in [7, 11) is 0. The molecule has 0 amide bonds. The van der Waals surface area contributed by atoms with Crippen LogP contribution in [0.2, 0.25) is 5.02 Å². The number of para-hydroxylation sites is 1. The molecule has 9 heteroatoms. The molecule has 1 aliphatic carbocycles. The largest absolute Gasteiger partial charge is 0.423 e. The normalized spacial score (nSPS) is 20.1. The molecule has 3 aromatic rings. The first-order valence-corrected chi connectivity index (χ1v) is 11.1. The highest BCUT2D eigenvalue weighted by molar-refractivity contribution is 7.10. The highest BCUT2D eigenvalue weighted by Gasteiger charge is 2.50. The van der Waals surface area contributed by atoms with Gasteiger partial charge in [0.15, 0.2) is 0 Å². The molecule has 6 rings (SSSR count). The molecule has 2 atom stereocenters. The van der Waals surface area contributed by atoms with Crippen LogP contribution < -0.4 is 15.0 Å². The Balaban J connectivity index is 1.38. The molecule has 1 aromatic carbocycles. The fraction of sp³-hybridized carbons (Fsp3) is 0.381. The van der Waals surface area contributed by atoms with E-state index in [2.05, 4.69) is 37.7 Å². The Morgan fingerprint density at radius 3 is 2.77 bits per heavy atom. The van der Waals surface area contributed by atoms with E-state index in [1.807, 2.05) is 39.0 Å². The smallest absolute Gasteiger partial charge is 0.322 e. The predicted molar refractivity (Wildman–Crippen MR) is 120 cm³/mol. The van der Waals surface area contributed by atoms with E-state index >= 15 is 0 Å². The van der Waals surface area contributed by atoms with Crippen molar-refractivity contribution in [3.05, 3.63) is 52.3 Å². The molecule has 1 fully saturated rings. The first-order chi connectivity index (χ1) is 14.4. The van der Waals surface area contributed by atoms with Crippen LogP contribution in [0.1, 0.15) is 32.5 Å². The molecule has 0 spiro atoms. The lowest BCUT2D eigenvalue weighted by Gasteiger charge is -2.32. The van der Waals surface area contributed by atoms with Gasteiger partial charge in [0, 0.05) is 18.2 Å². The maximum absolute atomic E-state index is 6.25. The van der Waals surface area contributed by atoms with Gasteiger partial charge in [0.2, 0.25) is 5.95 Å². The minimum atomic E-state index is 0.0984. The van der Waals surface area contributed by atoms with Crippen LogP contribution in [0.15, 0.2) is 41.6 Å². The molecule has 30 heavy (non-hydrogen) atoms. The van der Waals surface area contributed by atoms with Gasteiger partial charge in [-0.25, -0.2) is 4.68 Å². The number of hydrogen-bond acceptors (Lipinski definition) is 7. The standard InChI is InChI=1S/C21H23ClN6OS/c1-11(2)28-21(29-16-8-6-5-7-15(16)22)24-20(25-28)23-18-14-10-27(19(18)13(14)4)17-9-12(3)26-30-17/h5-9,11,14,18H,10H2,1-4H3,(H,23,25). The van der Waals surface area contributed by atoms with E-state index in [-0.39, 0.29) is 12.1 Å². The number of nitrogens with zero attached hydrogens (tertiary/aromatic N) is 5. The van der Waals surface area contributed by atoms with Crippen molar-refractivity contribution in [2.45, 2.75) is 39.8 Å². The Morgan fingerprint density at radius 1 is 1.27 bits per heavy atom. The van der Waals surface area contributed by atoms with Gasteiger partial charge in [0.25, 0.3) is 0 Å². The highest BCUT2D eigenvalue weighted by atomic mass is 35.5. The summed E-state index contributed by atoms with van der Waals surface area (Å²) in [6.07, 6.45) is 0. The van der Waals surface area contributed by atoms with Gasteiger partial charge in [-0.05, 0) is 63.0 Å². The zero-order valence-electron chi connectivity index (χ0n) is 17.3. The first-order valence-electron chi connectivity index (χ1n) is 9.99. The Labute approximate surface area is 184 Å². The molecule has 156 valence electrons. The van der Waals surface area contributed by atoms with E-state index in [1.54, 1.807) is 22.3 Å². The Hall–Kier alpha value is -2.58. The number of fused-ring (bicyclic) bond motifs is 1. The van der Waals surface area contributed by atoms with Crippen molar-refractivity contribution in [3.8, 4) is 11.8 Å². The van der Waals surface area contributed by atoms with Gasteiger partial charge in [0.05, 0.1) is 22.8 Å². The van der Waals surface area contributed by atoms with Crippen molar-refractivity contribution < 1.29 is 4.74 Å². The summed E-state index contributed by atoms with van der Waals surface area (Å²) in [4.78, 5) is 6.99. The number of rotatable bonds is 6. The lowest BCUT2D eigenvalue weighted by molar-refractivity contribution is 0.376. The molecule has 3 aliphatic rings. The molecule has 7 nitrogen and oxygen atoms in total. The number of anilines is 2. The SMILES string of the molecule is CC1=C2C(Nc3nc(Oc4ccccc4Cl)n(C(C)C)n3)C1CN2c1cc(C)ns1. The van der Waals surface area contributed by atoms with E-state index < -0.39 is 0 Å². The van der Waals surface area contributed by atoms with Crippen LogP contribution in [-0.2, 0) is 0 Å². The quantitative estimate of drug-likeness (QED) is 0.560.